The highest BCUT2D eigenvalue weighted by Crippen LogP contribution is 2.42. The summed E-state index contributed by atoms with van der Waals surface area (Å²) in [5, 5.41) is 8.63. The molecule has 1 saturated heterocycles. The SMILES string of the molecule is N=S(N)(=O)c1ccc(OC(F)(F)F)cc1[C@]1(c2ccc(F)cc2)CCNC1. The number of nitrogens with one attached hydrogen (secondary N) is 2. The van der Waals surface area contributed by atoms with Gasteiger partial charge in [0.05, 0.1) is 4.90 Å². The van der Waals surface area contributed by atoms with Gasteiger partial charge in [0.2, 0.25) is 0 Å². The summed E-state index contributed by atoms with van der Waals surface area (Å²) in [5.41, 5.74) is -0.108. The van der Waals surface area contributed by atoms with Gasteiger partial charge in [-0.25, -0.2) is 18.5 Å². The minimum absolute atomic E-state index is 0.0787. The highest BCUT2D eigenvalue weighted by molar-refractivity contribution is 7.90. The fourth-order valence-electron chi connectivity index (χ4n) is 3.44. The van der Waals surface area contributed by atoms with Crippen LogP contribution in [0.4, 0.5) is 17.6 Å². The number of benzene rings is 2. The lowest BCUT2D eigenvalue weighted by Gasteiger charge is -2.32. The van der Waals surface area contributed by atoms with Crippen LogP contribution in [0.1, 0.15) is 17.5 Å². The van der Waals surface area contributed by atoms with Gasteiger partial charge < -0.3 is 10.1 Å². The van der Waals surface area contributed by atoms with Gasteiger partial charge in [-0.05, 0) is 54.4 Å². The highest BCUT2D eigenvalue weighted by atomic mass is 32.2. The summed E-state index contributed by atoms with van der Waals surface area (Å²) >= 11 is 0. The first-order valence-electron chi connectivity index (χ1n) is 7.95. The maximum atomic E-state index is 13.4. The van der Waals surface area contributed by atoms with Crippen molar-refractivity contribution in [2.75, 3.05) is 13.1 Å². The maximum absolute atomic E-state index is 13.4. The van der Waals surface area contributed by atoms with Crippen molar-refractivity contribution in [1.29, 1.82) is 4.78 Å². The van der Waals surface area contributed by atoms with Crippen LogP contribution in [0.3, 0.4) is 0 Å². The second-order valence-corrected chi connectivity index (χ2v) is 7.96. The predicted molar refractivity (Wildman–Crippen MR) is 91.1 cm³/mol. The van der Waals surface area contributed by atoms with Crippen LogP contribution in [0.2, 0.25) is 0 Å². The second kappa shape index (κ2) is 6.77. The van der Waals surface area contributed by atoms with Gasteiger partial charge in [-0.15, -0.1) is 13.2 Å². The summed E-state index contributed by atoms with van der Waals surface area (Å²) in [4.78, 5) is -0.0787. The fraction of sp³-hybridized carbons (Fsp3) is 0.294. The van der Waals surface area contributed by atoms with Crippen molar-refractivity contribution in [3.63, 3.8) is 0 Å². The topological polar surface area (TPSA) is 88.2 Å². The Kier molecular flexibility index (Phi) is 4.91. The lowest BCUT2D eigenvalue weighted by molar-refractivity contribution is -0.274. The summed E-state index contributed by atoms with van der Waals surface area (Å²) in [7, 11) is -3.72. The van der Waals surface area contributed by atoms with Crippen LogP contribution in [0.25, 0.3) is 0 Å². The van der Waals surface area contributed by atoms with Gasteiger partial charge >= 0.3 is 6.36 Å². The van der Waals surface area contributed by atoms with Gasteiger partial charge in [0, 0.05) is 12.0 Å². The molecule has 0 radical (unpaired) electrons. The molecule has 10 heteroatoms. The molecule has 1 heterocycles. The third kappa shape index (κ3) is 4.07. The van der Waals surface area contributed by atoms with E-state index in [2.05, 4.69) is 10.1 Å². The second-order valence-electron chi connectivity index (χ2n) is 6.32. The van der Waals surface area contributed by atoms with Crippen LogP contribution < -0.4 is 15.2 Å². The number of alkyl halides is 3. The molecule has 2 atom stereocenters. The molecule has 5 nitrogen and oxygen atoms in total. The summed E-state index contributed by atoms with van der Waals surface area (Å²) < 4.78 is 75.4. The first-order valence-corrected chi connectivity index (χ1v) is 9.57. The molecule has 0 aliphatic carbocycles. The first-order chi connectivity index (χ1) is 12.5. The molecular formula is C17H17F4N3O2S. The van der Waals surface area contributed by atoms with Crippen LogP contribution in [-0.2, 0) is 15.3 Å². The van der Waals surface area contributed by atoms with E-state index < -0.39 is 33.3 Å². The van der Waals surface area contributed by atoms with E-state index >= 15 is 0 Å². The third-order valence-electron chi connectivity index (χ3n) is 4.58. The molecule has 0 bridgehead atoms. The lowest BCUT2D eigenvalue weighted by atomic mass is 9.73. The van der Waals surface area contributed by atoms with Gasteiger partial charge in [0.15, 0.2) is 0 Å². The number of nitrogens with two attached hydrogens (primary N) is 1. The Bertz CT molecular complexity index is 938. The van der Waals surface area contributed by atoms with Crippen molar-refractivity contribution in [3.05, 3.63) is 59.4 Å². The van der Waals surface area contributed by atoms with Crippen LogP contribution in [0, 0.1) is 10.6 Å². The average molecular weight is 403 g/mol. The normalized spacial score (nSPS) is 22.4. The molecule has 0 spiro atoms. The van der Waals surface area contributed by atoms with E-state index in [9.17, 15) is 21.8 Å². The summed E-state index contributed by atoms with van der Waals surface area (Å²) in [6.45, 7) is 0.835. The molecule has 1 fully saturated rings. The molecule has 0 amide bonds. The van der Waals surface area contributed by atoms with Crippen LogP contribution >= 0.6 is 0 Å². The van der Waals surface area contributed by atoms with E-state index in [-0.39, 0.29) is 10.5 Å². The van der Waals surface area contributed by atoms with Gasteiger partial charge in [-0.3, -0.25) is 0 Å². The molecule has 146 valence electrons. The molecule has 3 rings (SSSR count). The minimum atomic E-state index is -4.90. The molecule has 0 saturated carbocycles. The molecule has 1 aliphatic heterocycles. The summed E-state index contributed by atoms with van der Waals surface area (Å²) in [6.07, 6.45) is -4.46. The zero-order valence-electron chi connectivity index (χ0n) is 14.0. The standard InChI is InChI=1S/C17H17F4N3O2S/c18-12-3-1-11(2-4-12)16(7-8-24-10-16)14-9-13(26-17(19,20)21)5-6-15(14)27(22,23)25/h1-6,9,24H,7-8,10H2,(H3,22,23,25)/t16-/m1/s1. The number of hydrogen-bond donors (Lipinski definition) is 3. The number of rotatable bonds is 4. The zero-order valence-corrected chi connectivity index (χ0v) is 14.8. The van der Waals surface area contributed by atoms with E-state index in [1.165, 1.54) is 24.3 Å². The number of hydrogen-bond acceptors (Lipinski definition) is 4. The Morgan fingerprint density at radius 3 is 2.37 bits per heavy atom. The fourth-order valence-corrected chi connectivity index (χ4v) is 4.29. The molecule has 2 aromatic carbocycles. The van der Waals surface area contributed by atoms with E-state index in [0.717, 1.165) is 18.2 Å². The van der Waals surface area contributed by atoms with E-state index in [1.54, 1.807) is 0 Å². The smallest absolute Gasteiger partial charge is 0.406 e. The Morgan fingerprint density at radius 2 is 1.85 bits per heavy atom. The molecule has 1 aliphatic rings. The zero-order chi connectivity index (χ0) is 19.9. The van der Waals surface area contributed by atoms with E-state index in [1.807, 2.05) is 0 Å². The van der Waals surface area contributed by atoms with Crippen molar-refractivity contribution in [2.45, 2.75) is 23.1 Å². The van der Waals surface area contributed by atoms with E-state index in [4.69, 9.17) is 9.92 Å². The largest absolute Gasteiger partial charge is 0.573 e. The summed E-state index contributed by atoms with van der Waals surface area (Å²) in [5.74, 6) is -0.962. The molecular weight excluding hydrogens is 386 g/mol. The van der Waals surface area contributed by atoms with Crippen molar-refractivity contribution in [2.24, 2.45) is 5.14 Å². The Hall–Kier alpha value is -2.17. The molecule has 2 aromatic rings. The highest BCUT2D eigenvalue weighted by Gasteiger charge is 2.41. The average Bonchev–Trinajstić information content (AvgIpc) is 3.03. The van der Waals surface area contributed by atoms with Crippen molar-refractivity contribution >= 4 is 9.92 Å². The minimum Gasteiger partial charge on any atom is -0.406 e. The monoisotopic (exact) mass is 403 g/mol. The number of ether oxygens (including phenoxy) is 1. The van der Waals surface area contributed by atoms with Crippen LogP contribution in [0.15, 0.2) is 47.4 Å². The lowest BCUT2D eigenvalue weighted by Crippen LogP contribution is -2.33. The van der Waals surface area contributed by atoms with E-state index in [0.29, 0.717) is 25.1 Å². The Labute approximate surface area is 153 Å². The molecule has 27 heavy (non-hydrogen) atoms. The number of halogens is 4. The quantitative estimate of drug-likeness (QED) is 0.685. The van der Waals surface area contributed by atoms with Crippen LogP contribution in [0.5, 0.6) is 5.75 Å². The Balaban J connectivity index is 2.24. The maximum Gasteiger partial charge on any atom is 0.573 e. The van der Waals surface area contributed by atoms with Crippen molar-refractivity contribution in [1.82, 2.24) is 5.32 Å². The van der Waals surface area contributed by atoms with Gasteiger partial charge in [0.25, 0.3) is 0 Å². The van der Waals surface area contributed by atoms with Gasteiger partial charge in [-0.1, -0.05) is 12.1 Å². The van der Waals surface area contributed by atoms with Crippen molar-refractivity contribution in [3.8, 4) is 5.75 Å². The van der Waals surface area contributed by atoms with Crippen LogP contribution in [-0.4, -0.2) is 23.7 Å². The molecule has 4 N–H and O–H groups in total. The molecule has 1 unspecified atom stereocenters. The van der Waals surface area contributed by atoms with Gasteiger partial charge in [-0.2, -0.15) is 0 Å². The third-order valence-corrected chi connectivity index (χ3v) is 5.59. The van der Waals surface area contributed by atoms with Crippen molar-refractivity contribution < 1.29 is 26.5 Å². The van der Waals surface area contributed by atoms with Gasteiger partial charge in [0.1, 0.15) is 21.5 Å². The first kappa shape index (κ1) is 19.6. The summed E-state index contributed by atoms with van der Waals surface area (Å²) in [6, 6.07) is 8.73. The molecule has 0 aromatic heterocycles. The predicted octanol–water partition coefficient (Wildman–Crippen LogP) is 3.28. The Morgan fingerprint density at radius 1 is 1.19 bits per heavy atom.